The van der Waals surface area contributed by atoms with Gasteiger partial charge >= 0.3 is 0 Å². The molecule has 12 heteroatoms. The summed E-state index contributed by atoms with van der Waals surface area (Å²) in [6.45, 7) is 1.59. The van der Waals surface area contributed by atoms with Crippen LogP contribution in [0.5, 0.6) is 0 Å². The van der Waals surface area contributed by atoms with Crippen molar-refractivity contribution in [3.05, 3.63) is 96.4 Å². The third-order valence-electron chi connectivity index (χ3n) is 6.62. The van der Waals surface area contributed by atoms with Crippen LogP contribution >= 0.6 is 69.6 Å². The minimum Gasteiger partial charge on any atom is -0.326 e. The van der Waals surface area contributed by atoms with E-state index in [1.807, 2.05) is 0 Å². The van der Waals surface area contributed by atoms with Gasteiger partial charge in [0.15, 0.2) is 5.78 Å². The molecule has 1 aliphatic carbocycles. The standard InChI is InChI=1S/C28H19Cl6F2NO3/c1-2-15(38)11-17-21(35)6-3-12(26(17)36)9-22(39)16-10-14(4-5-18(16)29)37-27(40)24-23(28(24,33)34)13-7-19(30)25(32)20(31)8-13/h3-8,10,23-24H,2,9,11H2,1H3,(H,37,40)/t23-,24+/m0/s1. The first kappa shape index (κ1) is 31.0. The highest BCUT2D eigenvalue weighted by atomic mass is 35.5. The fourth-order valence-corrected chi connectivity index (χ4v) is 6.06. The fraction of sp³-hybridized carbons (Fsp3) is 0.250. The molecule has 0 radical (unpaired) electrons. The zero-order valence-corrected chi connectivity index (χ0v) is 25.1. The maximum absolute atomic E-state index is 15.0. The Bertz CT molecular complexity index is 1520. The van der Waals surface area contributed by atoms with Gasteiger partial charge in [0.2, 0.25) is 5.91 Å². The van der Waals surface area contributed by atoms with Crippen molar-refractivity contribution in [1.82, 2.24) is 0 Å². The van der Waals surface area contributed by atoms with Crippen LogP contribution in [0.3, 0.4) is 0 Å². The number of hydrogen-bond acceptors (Lipinski definition) is 3. The molecule has 1 fully saturated rings. The lowest BCUT2D eigenvalue weighted by Crippen LogP contribution is -2.17. The second-order valence-electron chi connectivity index (χ2n) is 9.28. The zero-order valence-electron chi connectivity index (χ0n) is 20.6. The average molecular weight is 668 g/mol. The van der Waals surface area contributed by atoms with Crippen LogP contribution in [0, 0.1) is 17.6 Å². The number of Topliss-reactive ketones (excluding diaryl/α,β-unsaturated/α-hetero) is 2. The Morgan fingerprint density at radius 1 is 0.900 bits per heavy atom. The predicted octanol–water partition coefficient (Wildman–Crippen LogP) is 9.05. The van der Waals surface area contributed by atoms with Crippen LogP contribution in [0.2, 0.25) is 20.1 Å². The lowest BCUT2D eigenvalue weighted by atomic mass is 9.97. The second kappa shape index (κ2) is 12.1. The summed E-state index contributed by atoms with van der Waals surface area (Å²) >= 11 is 37.3. The molecule has 4 rings (SSSR count). The maximum Gasteiger partial charge on any atom is 0.231 e. The number of alkyl halides is 2. The van der Waals surface area contributed by atoms with Crippen LogP contribution in [0.4, 0.5) is 14.5 Å². The van der Waals surface area contributed by atoms with Crippen LogP contribution in [-0.2, 0) is 22.4 Å². The molecule has 3 aromatic rings. The third kappa shape index (κ3) is 6.28. The van der Waals surface area contributed by atoms with Gasteiger partial charge in [0.25, 0.3) is 0 Å². The van der Waals surface area contributed by atoms with E-state index < -0.39 is 57.9 Å². The van der Waals surface area contributed by atoms with E-state index in [4.69, 9.17) is 69.6 Å². The number of ketones is 2. The monoisotopic (exact) mass is 665 g/mol. The first-order chi connectivity index (χ1) is 18.8. The molecule has 2 atom stereocenters. The SMILES string of the molecule is CCC(=O)Cc1c(F)ccc(CC(=O)c2cc(NC(=O)[C@H]3[C@H](c4cc(Cl)c(Cl)c(Cl)c4)C3(Cl)Cl)ccc2Cl)c1F. The van der Waals surface area contributed by atoms with E-state index in [1.54, 1.807) is 6.92 Å². The van der Waals surface area contributed by atoms with Crippen LogP contribution in [-0.4, -0.2) is 21.8 Å². The predicted molar refractivity (Wildman–Crippen MR) is 156 cm³/mol. The Hall–Kier alpha value is -1.93. The lowest BCUT2D eigenvalue weighted by Gasteiger charge is -2.11. The number of benzene rings is 3. The van der Waals surface area contributed by atoms with Gasteiger partial charge in [-0.25, -0.2) is 8.78 Å². The van der Waals surface area contributed by atoms with Crippen LogP contribution in [0.15, 0.2) is 42.5 Å². The molecule has 0 bridgehead atoms. The highest BCUT2D eigenvalue weighted by Gasteiger charge is 2.67. The van der Waals surface area contributed by atoms with E-state index in [9.17, 15) is 23.2 Å². The molecule has 4 nitrogen and oxygen atoms in total. The quantitative estimate of drug-likeness (QED) is 0.141. The summed E-state index contributed by atoms with van der Waals surface area (Å²) in [5, 5.41) is 3.26. The van der Waals surface area contributed by atoms with Crippen LogP contribution in [0.1, 0.15) is 46.3 Å². The van der Waals surface area contributed by atoms with E-state index in [0.717, 1.165) is 12.1 Å². The summed E-state index contributed by atoms with van der Waals surface area (Å²) in [6.07, 6.45) is -0.753. The van der Waals surface area contributed by atoms with Gasteiger partial charge in [-0.1, -0.05) is 59.4 Å². The summed E-state index contributed by atoms with van der Waals surface area (Å²) in [4.78, 5) is 37.9. The van der Waals surface area contributed by atoms with Crippen molar-refractivity contribution in [3.63, 3.8) is 0 Å². The van der Waals surface area contributed by atoms with Crippen molar-refractivity contribution >= 4 is 92.8 Å². The molecule has 1 amide bonds. The molecule has 0 saturated heterocycles. The number of hydrogen-bond donors (Lipinski definition) is 1. The molecule has 0 unspecified atom stereocenters. The zero-order chi connectivity index (χ0) is 29.5. The Balaban J connectivity index is 1.53. The molecule has 1 saturated carbocycles. The van der Waals surface area contributed by atoms with E-state index in [1.165, 1.54) is 30.3 Å². The van der Waals surface area contributed by atoms with Gasteiger partial charge in [0.05, 0.1) is 26.0 Å². The summed E-state index contributed by atoms with van der Waals surface area (Å²) in [7, 11) is 0. The third-order valence-corrected chi connectivity index (χ3v) is 9.09. The van der Waals surface area contributed by atoms with Crippen molar-refractivity contribution < 1.29 is 23.2 Å². The minimum atomic E-state index is -1.45. The summed E-state index contributed by atoms with van der Waals surface area (Å²) < 4.78 is 27.7. The number of nitrogens with one attached hydrogen (secondary N) is 1. The van der Waals surface area contributed by atoms with Gasteiger partial charge in [-0.3, -0.25) is 14.4 Å². The number of carbonyl (C=O) groups is 3. The maximum atomic E-state index is 15.0. The molecule has 0 heterocycles. The first-order valence-corrected chi connectivity index (χ1v) is 14.2. The van der Waals surface area contributed by atoms with Gasteiger partial charge in [-0.15, -0.1) is 23.2 Å². The molecule has 40 heavy (non-hydrogen) atoms. The number of anilines is 1. The summed E-state index contributed by atoms with van der Waals surface area (Å²) in [5.74, 6) is -4.80. The van der Waals surface area contributed by atoms with Crippen molar-refractivity contribution in [2.45, 2.75) is 36.4 Å². The lowest BCUT2D eigenvalue weighted by molar-refractivity contribution is -0.118. The van der Waals surface area contributed by atoms with Gasteiger partial charge in [-0.2, -0.15) is 0 Å². The highest BCUT2D eigenvalue weighted by Crippen LogP contribution is 2.65. The van der Waals surface area contributed by atoms with Crippen molar-refractivity contribution in [1.29, 1.82) is 0 Å². The molecule has 210 valence electrons. The average Bonchev–Trinajstić information content (AvgIpc) is 3.49. The molecule has 1 aliphatic rings. The van der Waals surface area contributed by atoms with E-state index in [2.05, 4.69) is 5.32 Å². The molecule has 0 aliphatic heterocycles. The van der Waals surface area contributed by atoms with Crippen LogP contribution in [0.25, 0.3) is 0 Å². The molecule has 3 aromatic carbocycles. The normalized spacial score (nSPS) is 17.4. The van der Waals surface area contributed by atoms with Crippen molar-refractivity contribution in [2.24, 2.45) is 5.92 Å². The smallest absolute Gasteiger partial charge is 0.231 e. The van der Waals surface area contributed by atoms with Crippen molar-refractivity contribution in [3.8, 4) is 0 Å². The second-order valence-corrected chi connectivity index (χ2v) is 12.3. The van der Waals surface area contributed by atoms with Crippen LogP contribution < -0.4 is 5.32 Å². The number of halogens is 8. The Morgan fingerprint density at radius 2 is 1.55 bits per heavy atom. The van der Waals surface area contributed by atoms with E-state index in [0.29, 0.717) is 5.56 Å². The first-order valence-electron chi connectivity index (χ1n) is 11.9. The molecule has 0 spiro atoms. The van der Waals surface area contributed by atoms with Gasteiger partial charge < -0.3 is 5.32 Å². The largest absolute Gasteiger partial charge is 0.326 e. The number of amides is 1. The summed E-state index contributed by atoms with van der Waals surface area (Å²) in [5.41, 5.74) is 0.260. The number of rotatable bonds is 9. The Labute approximate surface area is 258 Å². The molecule has 1 N–H and O–H groups in total. The van der Waals surface area contributed by atoms with Gasteiger partial charge in [0, 0.05) is 42.0 Å². The van der Waals surface area contributed by atoms with Gasteiger partial charge in [-0.05, 0) is 47.5 Å². The van der Waals surface area contributed by atoms with Gasteiger partial charge in [0.1, 0.15) is 21.8 Å². The molecular weight excluding hydrogens is 649 g/mol. The Morgan fingerprint density at radius 3 is 2.17 bits per heavy atom. The summed E-state index contributed by atoms with van der Waals surface area (Å²) in [6, 6.07) is 9.43. The van der Waals surface area contributed by atoms with E-state index >= 15 is 0 Å². The number of carbonyl (C=O) groups excluding carboxylic acids is 3. The molecule has 0 aromatic heterocycles. The Kier molecular flexibility index (Phi) is 9.40. The fourth-order valence-electron chi connectivity index (χ4n) is 4.39. The highest BCUT2D eigenvalue weighted by molar-refractivity contribution is 6.54. The topological polar surface area (TPSA) is 63.2 Å². The van der Waals surface area contributed by atoms with Crippen molar-refractivity contribution in [2.75, 3.05) is 5.32 Å². The molecular formula is C28H19Cl6F2NO3. The minimum absolute atomic E-state index is 0.000924. The van der Waals surface area contributed by atoms with E-state index in [-0.39, 0.29) is 49.1 Å².